The van der Waals surface area contributed by atoms with Crippen molar-refractivity contribution in [2.24, 2.45) is 0 Å². The molecule has 0 atom stereocenters. The van der Waals surface area contributed by atoms with Crippen molar-refractivity contribution in [1.29, 1.82) is 0 Å². The molecule has 4 rings (SSSR count). The average molecular weight is 315 g/mol. The lowest BCUT2D eigenvalue weighted by Gasteiger charge is -2.07. The Morgan fingerprint density at radius 2 is 1.46 bits per heavy atom. The maximum atomic E-state index is 13.3. The van der Waals surface area contributed by atoms with Crippen LogP contribution in [0.2, 0.25) is 0 Å². The molecule has 116 valence electrons. The largest absolute Gasteiger partial charge is 0.265 e. The molecule has 24 heavy (non-hydrogen) atoms. The minimum absolute atomic E-state index is 0.253. The van der Waals surface area contributed by atoms with E-state index in [1.807, 2.05) is 53.2 Å². The van der Waals surface area contributed by atoms with Crippen molar-refractivity contribution in [2.75, 3.05) is 0 Å². The van der Waals surface area contributed by atoms with E-state index >= 15 is 0 Å². The Balaban J connectivity index is 1.90. The Bertz CT molecular complexity index is 945. The van der Waals surface area contributed by atoms with Crippen LogP contribution >= 0.6 is 0 Å². The molecule has 0 saturated heterocycles. The van der Waals surface area contributed by atoms with Crippen LogP contribution in [0, 0.1) is 5.82 Å². The van der Waals surface area contributed by atoms with E-state index in [0.717, 1.165) is 28.2 Å². The highest BCUT2D eigenvalue weighted by Crippen LogP contribution is 2.28. The average Bonchev–Trinajstić information content (AvgIpc) is 3.09. The standard InChI is InChI=1S/C20H14FN3/c21-17-8-6-16(7-9-17)20-14-19(15-4-2-1-3-5-15)23-24(20)18-10-12-22-13-11-18/h1-14H. The number of hydrogen-bond donors (Lipinski definition) is 0. The van der Waals surface area contributed by atoms with E-state index in [-0.39, 0.29) is 5.82 Å². The number of rotatable bonds is 3. The normalized spacial score (nSPS) is 10.7. The van der Waals surface area contributed by atoms with Gasteiger partial charge in [0.05, 0.1) is 17.1 Å². The molecule has 0 spiro atoms. The molecule has 0 amide bonds. The summed E-state index contributed by atoms with van der Waals surface area (Å²) in [6.45, 7) is 0. The molecule has 3 nitrogen and oxygen atoms in total. The Labute approximate surface area is 139 Å². The van der Waals surface area contributed by atoms with E-state index in [2.05, 4.69) is 4.98 Å². The van der Waals surface area contributed by atoms with Crippen molar-refractivity contribution in [3.05, 3.63) is 91.0 Å². The van der Waals surface area contributed by atoms with Gasteiger partial charge >= 0.3 is 0 Å². The molecule has 0 aliphatic heterocycles. The molecule has 0 aliphatic carbocycles. The topological polar surface area (TPSA) is 30.7 Å². The summed E-state index contributed by atoms with van der Waals surface area (Å²) in [6.07, 6.45) is 3.46. The van der Waals surface area contributed by atoms with Crippen molar-refractivity contribution in [3.63, 3.8) is 0 Å². The van der Waals surface area contributed by atoms with Crippen LogP contribution in [0.15, 0.2) is 85.2 Å². The number of benzene rings is 2. The zero-order chi connectivity index (χ0) is 16.4. The van der Waals surface area contributed by atoms with Gasteiger partial charge in [0.1, 0.15) is 5.82 Å². The summed E-state index contributed by atoms with van der Waals surface area (Å²) in [5, 5.41) is 4.74. The highest BCUT2D eigenvalue weighted by molar-refractivity contribution is 5.70. The molecule has 4 aromatic rings. The second-order valence-electron chi connectivity index (χ2n) is 5.40. The minimum Gasteiger partial charge on any atom is -0.265 e. The van der Waals surface area contributed by atoms with Crippen LogP contribution in [0.4, 0.5) is 4.39 Å². The monoisotopic (exact) mass is 315 g/mol. The van der Waals surface area contributed by atoms with Gasteiger partial charge in [-0.2, -0.15) is 5.10 Å². The maximum absolute atomic E-state index is 13.3. The second kappa shape index (κ2) is 6.08. The third kappa shape index (κ3) is 2.70. The van der Waals surface area contributed by atoms with Gasteiger partial charge in [0.25, 0.3) is 0 Å². The SMILES string of the molecule is Fc1ccc(-c2cc(-c3ccccc3)nn2-c2ccncc2)cc1. The lowest BCUT2D eigenvalue weighted by Crippen LogP contribution is -1.99. The lowest BCUT2D eigenvalue weighted by atomic mass is 10.1. The van der Waals surface area contributed by atoms with Gasteiger partial charge in [-0.15, -0.1) is 0 Å². The van der Waals surface area contributed by atoms with Crippen LogP contribution in [0.5, 0.6) is 0 Å². The maximum Gasteiger partial charge on any atom is 0.123 e. The fourth-order valence-electron chi connectivity index (χ4n) is 2.64. The molecular weight excluding hydrogens is 301 g/mol. The van der Waals surface area contributed by atoms with Crippen molar-refractivity contribution in [1.82, 2.24) is 14.8 Å². The number of pyridine rings is 1. The first kappa shape index (κ1) is 14.3. The Hall–Kier alpha value is -3.27. The molecule has 0 saturated carbocycles. The summed E-state index contributed by atoms with van der Waals surface area (Å²) in [6, 6.07) is 22.2. The van der Waals surface area contributed by atoms with E-state index in [0.29, 0.717) is 0 Å². The predicted molar refractivity (Wildman–Crippen MR) is 92.2 cm³/mol. The summed E-state index contributed by atoms with van der Waals surface area (Å²) >= 11 is 0. The molecule has 0 N–H and O–H groups in total. The second-order valence-corrected chi connectivity index (χ2v) is 5.40. The minimum atomic E-state index is -0.253. The number of nitrogens with zero attached hydrogens (tertiary/aromatic N) is 3. The number of halogens is 1. The molecule has 0 aliphatic rings. The zero-order valence-electron chi connectivity index (χ0n) is 12.8. The molecule has 0 unspecified atom stereocenters. The Morgan fingerprint density at radius 1 is 0.750 bits per heavy atom. The lowest BCUT2D eigenvalue weighted by molar-refractivity contribution is 0.628. The molecule has 2 aromatic heterocycles. The summed E-state index contributed by atoms with van der Waals surface area (Å²) in [5.74, 6) is -0.253. The molecule has 2 heterocycles. The number of hydrogen-bond acceptors (Lipinski definition) is 2. The fraction of sp³-hybridized carbons (Fsp3) is 0. The van der Waals surface area contributed by atoms with E-state index in [9.17, 15) is 4.39 Å². The molecule has 2 aromatic carbocycles. The van der Waals surface area contributed by atoms with Crippen LogP contribution in [0.3, 0.4) is 0 Å². The highest BCUT2D eigenvalue weighted by Gasteiger charge is 2.13. The van der Waals surface area contributed by atoms with Crippen LogP contribution in [-0.2, 0) is 0 Å². The molecule has 4 heteroatoms. The quantitative estimate of drug-likeness (QED) is 0.546. The highest BCUT2D eigenvalue weighted by atomic mass is 19.1. The molecule has 0 radical (unpaired) electrons. The summed E-state index contributed by atoms with van der Waals surface area (Å²) in [5.41, 5.74) is 4.62. The third-order valence-electron chi connectivity index (χ3n) is 3.83. The van der Waals surface area contributed by atoms with E-state index in [1.54, 1.807) is 24.5 Å². The first-order valence-electron chi connectivity index (χ1n) is 7.63. The van der Waals surface area contributed by atoms with Crippen molar-refractivity contribution >= 4 is 0 Å². The van der Waals surface area contributed by atoms with Gasteiger partial charge in [-0.25, -0.2) is 9.07 Å². The first-order chi connectivity index (χ1) is 11.8. The fourth-order valence-corrected chi connectivity index (χ4v) is 2.64. The van der Waals surface area contributed by atoms with Crippen molar-refractivity contribution < 1.29 is 4.39 Å². The van der Waals surface area contributed by atoms with Crippen LogP contribution in [0.25, 0.3) is 28.2 Å². The molecule has 0 fully saturated rings. The summed E-state index contributed by atoms with van der Waals surface area (Å²) in [7, 11) is 0. The van der Waals surface area contributed by atoms with Gasteiger partial charge in [-0.1, -0.05) is 30.3 Å². The number of aromatic nitrogens is 3. The Morgan fingerprint density at radius 3 is 2.17 bits per heavy atom. The smallest absolute Gasteiger partial charge is 0.123 e. The third-order valence-corrected chi connectivity index (χ3v) is 3.83. The van der Waals surface area contributed by atoms with Gasteiger partial charge in [-0.05, 0) is 42.5 Å². The first-order valence-corrected chi connectivity index (χ1v) is 7.63. The van der Waals surface area contributed by atoms with Crippen molar-refractivity contribution in [3.8, 4) is 28.2 Å². The van der Waals surface area contributed by atoms with E-state index < -0.39 is 0 Å². The molecule has 0 bridgehead atoms. The van der Waals surface area contributed by atoms with Crippen molar-refractivity contribution in [2.45, 2.75) is 0 Å². The Kier molecular flexibility index (Phi) is 3.63. The van der Waals surface area contributed by atoms with Crippen LogP contribution in [-0.4, -0.2) is 14.8 Å². The van der Waals surface area contributed by atoms with Gasteiger partial charge in [0.15, 0.2) is 0 Å². The van der Waals surface area contributed by atoms with Gasteiger partial charge < -0.3 is 0 Å². The van der Waals surface area contributed by atoms with E-state index in [1.165, 1.54) is 12.1 Å². The van der Waals surface area contributed by atoms with Gasteiger partial charge in [-0.3, -0.25) is 4.98 Å². The predicted octanol–water partition coefficient (Wildman–Crippen LogP) is 4.74. The zero-order valence-corrected chi connectivity index (χ0v) is 12.8. The summed E-state index contributed by atoms with van der Waals surface area (Å²) in [4.78, 5) is 4.06. The summed E-state index contributed by atoms with van der Waals surface area (Å²) < 4.78 is 15.1. The van der Waals surface area contributed by atoms with Crippen LogP contribution in [0.1, 0.15) is 0 Å². The molecular formula is C20H14FN3. The van der Waals surface area contributed by atoms with Gasteiger partial charge in [0.2, 0.25) is 0 Å². The van der Waals surface area contributed by atoms with Crippen LogP contribution < -0.4 is 0 Å². The van der Waals surface area contributed by atoms with Gasteiger partial charge in [0, 0.05) is 23.5 Å². The van der Waals surface area contributed by atoms with E-state index in [4.69, 9.17) is 5.10 Å².